The number of hydrogen-bond donors (Lipinski definition) is 0. The molecule has 4 aromatic rings. The average Bonchev–Trinajstić information content (AvgIpc) is 3.36. The molecule has 0 aliphatic rings. The Labute approximate surface area is 197 Å². The van der Waals surface area contributed by atoms with E-state index in [1.807, 2.05) is 49.4 Å². The summed E-state index contributed by atoms with van der Waals surface area (Å²) in [6, 6.07) is 28.5. The minimum absolute atomic E-state index is 0.486. The summed E-state index contributed by atoms with van der Waals surface area (Å²) in [7, 11) is 0. The summed E-state index contributed by atoms with van der Waals surface area (Å²) in [6.07, 6.45) is 3.87. The Bertz CT molecular complexity index is 1230. The molecule has 0 radical (unpaired) electrons. The molecule has 0 atom stereocenters. The Morgan fingerprint density at radius 2 is 1.70 bits per heavy atom. The molecular weight excluding hydrogens is 432 g/mol. The molecule has 4 rings (SSSR count). The molecule has 1 heterocycles. The number of rotatable bonds is 8. The van der Waals surface area contributed by atoms with E-state index in [2.05, 4.69) is 47.4 Å². The first-order valence-electron chi connectivity index (χ1n) is 10.6. The fourth-order valence-electron chi connectivity index (χ4n) is 3.40. The number of carbonyl (C=O) groups is 1. The largest absolute Gasteiger partial charge is 0.464 e. The van der Waals surface area contributed by atoms with Gasteiger partial charge in [0.2, 0.25) is 0 Å². The minimum atomic E-state index is -0.486. The highest BCUT2D eigenvalue weighted by Gasteiger charge is 2.09. The number of thioether (sulfide) groups is 1. The van der Waals surface area contributed by atoms with Crippen molar-refractivity contribution >= 4 is 23.3 Å². The summed E-state index contributed by atoms with van der Waals surface area (Å²) >= 11 is 1.71. The molecule has 5 heteroatoms. The van der Waals surface area contributed by atoms with Gasteiger partial charge in [0.25, 0.3) is 0 Å². The van der Waals surface area contributed by atoms with Gasteiger partial charge in [-0.3, -0.25) is 9.78 Å². The normalized spacial score (nSPS) is 11.3. The zero-order chi connectivity index (χ0) is 23.0. The Morgan fingerprint density at radius 3 is 2.36 bits per heavy atom. The van der Waals surface area contributed by atoms with E-state index >= 15 is 0 Å². The molecule has 33 heavy (non-hydrogen) atoms. The highest BCUT2D eigenvalue weighted by atomic mass is 32.2. The Morgan fingerprint density at radius 1 is 0.939 bits per heavy atom. The molecule has 0 saturated heterocycles. The molecule has 0 amide bonds. The molecule has 0 aliphatic heterocycles. The van der Waals surface area contributed by atoms with Gasteiger partial charge in [-0.15, -0.1) is 11.8 Å². The van der Waals surface area contributed by atoms with E-state index in [-0.39, 0.29) is 0 Å². The first kappa shape index (κ1) is 22.5. The molecule has 3 aromatic carbocycles. The van der Waals surface area contributed by atoms with Crippen LogP contribution in [0.15, 0.2) is 107 Å². The zero-order valence-corrected chi connectivity index (χ0v) is 19.3. The van der Waals surface area contributed by atoms with Gasteiger partial charge in [0.15, 0.2) is 5.75 Å². The van der Waals surface area contributed by atoms with Crippen LogP contribution in [0.1, 0.15) is 23.8 Å². The lowest BCUT2D eigenvalue weighted by molar-refractivity contribution is -0.211. The van der Waals surface area contributed by atoms with Crippen molar-refractivity contribution in [1.29, 1.82) is 0 Å². The smallest absolute Gasteiger partial charge is 0.352 e. The highest BCUT2D eigenvalue weighted by molar-refractivity contribution is 7.99. The summed E-state index contributed by atoms with van der Waals surface area (Å²) in [4.78, 5) is 21.7. The molecular formula is C28H24O4S. The van der Waals surface area contributed by atoms with Crippen molar-refractivity contribution in [2.75, 3.05) is 5.75 Å². The third-order valence-corrected chi connectivity index (χ3v) is 5.94. The maximum Gasteiger partial charge on any atom is 0.352 e. The molecule has 0 spiro atoms. The number of benzene rings is 3. The van der Waals surface area contributed by atoms with Crippen molar-refractivity contribution in [3.63, 3.8) is 0 Å². The zero-order valence-electron chi connectivity index (χ0n) is 18.5. The van der Waals surface area contributed by atoms with Crippen LogP contribution in [-0.4, -0.2) is 11.7 Å². The molecule has 4 nitrogen and oxygen atoms in total. The average molecular weight is 457 g/mol. The lowest BCUT2D eigenvalue weighted by Crippen LogP contribution is -2.03. The van der Waals surface area contributed by atoms with Gasteiger partial charge in [-0.2, -0.15) is 0 Å². The van der Waals surface area contributed by atoms with E-state index in [0.717, 1.165) is 33.1 Å². The number of furan rings is 1. The van der Waals surface area contributed by atoms with Crippen LogP contribution in [0.2, 0.25) is 0 Å². The maximum absolute atomic E-state index is 10.9. The number of aryl methyl sites for hydroxylation is 1. The third kappa shape index (κ3) is 5.96. The molecule has 0 saturated carbocycles. The maximum atomic E-state index is 10.9. The van der Waals surface area contributed by atoms with Crippen LogP contribution in [0, 0.1) is 6.92 Å². The predicted molar refractivity (Wildman–Crippen MR) is 132 cm³/mol. The third-order valence-electron chi connectivity index (χ3n) is 5.02. The van der Waals surface area contributed by atoms with Crippen molar-refractivity contribution in [1.82, 2.24) is 0 Å². The molecule has 1 aromatic heterocycles. The van der Waals surface area contributed by atoms with E-state index in [1.165, 1.54) is 18.1 Å². The molecule has 0 bridgehead atoms. The monoisotopic (exact) mass is 456 g/mol. The summed E-state index contributed by atoms with van der Waals surface area (Å²) in [5, 5.41) is 0. The second kappa shape index (κ2) is 10.7. The van der Waals surface area contributed by atoms with Gasteiger partial charge in [0.05, 0.1) is 6.26 Å². The van der Waals surface area contributed by atoms with Gasteiger partial charge in [-0.25, -0.2) is 4.79 Å². The van der Waals surface area contributed by atoms with E-state index in [1.54, 1.807) is 24.1 Å². The molecule has 0 aliphatic carbocycles. The number of carbonyl (C=O) groups excluding carboxylic acids is 1. The van der Waals surface area contributed by atoms with Crippen LogP contribution in [0.25, 0.3) is 16.7 Å². The van der Waals surface area contributed by atoms with E-state index < -0.39 is 5.97 Å². The molecule has 0 unspecified atom stereocenters. The van der Waals surface area contributed by atoms with Crippen molar-refractivity contribution < 1.29 is 19.0 Å². The molecule has 166 valence electrons. The summed E-state index contributed by atoms with van der Waals surface area (Å²) in [6.45, 7) is 3.22. The number of hydrogen-bond acceptors (Lipinski definition) is 5. The molecule has 0 N–H and O–H groups in total. The lowest BCUT2D eigenvalue weighted by atomic mass is 9.99. The fourth-order valence-corrected chi connectivity index (χ4v) is 4.26. The quantitative estimate of drug-likeness (QED) is 0.158. The first-order chi connectivity index (χ1) is 16.1. The highest BCUT2D eigenvalue weighted by Crippen LogP contribution is 2.30. The SMILES string of the molecule is CC(=O)OOc1ccc(SCC=C(c2ccc(-c3ccccc3)cc2)c2ccco2)cc1C. The summed E-state index contributed by atoms with van der Waals surface area (Å²) in [5.74, 6) is 1.64. The van der Waals surface area contributed by atoms with Gasteiger partial charge in [-0.1, -0.05) is 60.7 Å². The van der Waals surface area contributed by atoms with Crippen LogP contribution < -0.4 is 4.89 Å². The summed E-state index contributed by atoms with van der Waals surface area (Å²) < 4.78 is 5.71. The molecule has 0 fully saturated rings. The van der Waals surface area contributed by atoms with Crippen LogP contribution in [-0.2, 0) is 9.68 Å². The van der Waals surface area contributed by atoms with Gasteiger partial charge in [0.1, 0.15) is 5.76 Å². The van der Waals surface area contributed by atoms with E-state index in [4.69, 9.17) is 9.30 Å². The minimum Gasteiger partial charge on any atom is -0.464 e. The van der Waals surface area contributed by atoms with Gasteiger partial charge in [0, 0.05) is 23.1 Å². The first-order valence-corrected chi connectivity index (χ1v) is 11.6. The van der Waals surface area contributed by atoms with Gasteiger partial charge < -0.3 is 4.42 Å². The second-order valence-electron chi connectivity index (χ2n) is 7.44. The van der Waals surface area contributed by atoms with Crippen molar-refractivity contribution in [3.05, 3.63) is 114 Å². The van der Waals surface area contributed by atoms with E-state index in [0.29, 0.717) is 5.75 Å². The Kier molecular flexibility index (Phi) is 7.33. The van der Waals surface area contributed by atoms with Crippen LogP contribution in [0.5, 0.6) is 5.75 Å². The van der Waals surface area contributed by atoms with Crippen LogP contribution in [0.4, 0.5) is 0 Å². The van der Waals surface area contributed by atoms with Crippen molar-refractivity contribution in [2.24, 2.45) is 0 Å². The topological polar surface area (TPSA) is 48.7 Å². The second-order valence-corrected chi connectivity index (χ2v) is 8.53. The Balaban J connectivity index is 1.50. The van der Waals surface area contributed by atoms with Gasteiger partial charge in [-0.05, 0) is 59.5 Å². The van der Waals surface area contributed by atoms with Crippen LogP contribution >= 0.6 is 11.8 Å². The predicted octanol–water partition coefficient (Wildman–Crippen LogP) is 7.34. The fraction of sp³-hybridized carbons (Fsp3) is 0.107. The van der Waals surface area contributed by atoms with Crippen molar-refractivity contribution in [2.45, 2.75) is 18.7 Å². The van der Waals surface area contributed by atoms with Crippen molar-refractivity contribution in [3.8, 4) is 16.9 Å². The lowest BCUT2D eigenvalue weighted by Gasteiger charge is -2.09. The van der Waals surface area contributed by atoms with Gasteiger partial charge >= 0.3 is 5.97 Å². The van der Waals surface area contributed by atoms with Crippen LogP contribution in [0.3, 0.4) is 0 Å². The standard InChI is InChI=1S/C28H24O4S/c1-20-19-25(14-15-27(20)32-31-21(2)29)33-18-16-26(28-9-6-17-30-28)24-12-10-23(11-13-24)22-7-4-3-5-8-22/h3-17,19H,18H2,1-2H3. The van der Waals surface area contributed by atoms with E-state index in [9.17, 15) is 4.79 Å². The Hall–Kier alpha value is -3.70. The summed E-state index contributed by atoms with van der Waals surface area (Å²) in [5.41, 5.74) is 5.43.